The van der Waals surface area contributed by atoms with Crippen LogP contribution in [0.5, 0.6) is 11.5 Å². The number of hydrogen-bond donors (Lipinski definition) is 1. The molecule has 0 bridgehead atoms. The Hall–Kier alpha value is -3.87. The van der Waals surface area contributed by atoms with Crippen LogP contribution in [0.1, 0.15) is 30.1 Å². The summed E-state index contributed by atoms with van der Waals surface area (Å²) in [5.41, 5.74) is 2.27. The Labute approximate surface area is 237 Å². The number of carbonyl (C=O) groups is 1. The van der Waals surface area contributed by atoms with Gasteiger partial charge in [0.15, 0.2) is 16.7 Å². The number of nitrogens with one attached hydrogen (secondary N) is 1. The van der Waals surface area contributed by atoms with Crippen molar-refractivity contribution in [2.24, 2.45) is 0 Å². The van der Waals surface area contributed by atoms with Crippen LogP contribution in [0.15, 0.2) is 68.5 Å². The second kappa shape index (κ2) is 11.7. The smallest absolute Gasteiger partial charge is 0.259 e. The molecule has 5 heterocycles. The van der Waals surface area contributed by atoms with Crippen molar-refractivity contribution in [2.45, 2.75) is 35.5 Å². The van der Waals surface area contributed by atoms with Gasteiger partial charge in [-0.15, -0.1) is 11.3 Å². The highest BCUT2D eigenvalue weighted by Crippen LogP contribution is 2.39. The van der Waals surface area contributed by atoms with Crippen molar-refractivity contribution in [3.05, 3.63) is 71.4 Å². The molecule has 5 aromatic rings. The number of aryl methyl sites for hydroxylation is 1. The summed E-state index contributed by atoms with van der Waals surface area (Å²) in [6.07, 6.45) is 6.33. The van der Waals surface area contributed by atoms with Gasteiger partial charge in [-0.05, 0) is 63.2 Å². The van der Waals surface area contributed by atoms with E-state index >= 15 is 0 Å². The van der Waals surface area contributed by atoms with E-state index in [0.717, 1.165) is 58.8 Å². The van der Waals surface area contributed by atoms with Gasteiger partial charge in [-0.1, -0.05) is 16.9 Å². The fraction of sp³-hybridized carbons (Fsp3) is 0.250. The molecule has 0 spiro atoms. The SMILES string of the molecule is Cc1noc2nccc(Sc3cnc(Nc4nc(C5CCN(CC=O)CC5)cs4)c(Oc4ccc(F)cc4)c3)c12. The van der Waals surface area contributed by atoms with Crippen LogP contribution in [0.4, 0.5) is 15.3 Å². The molecule has 0 amide bonds. The van der Waals surface area contributed by atoms with Gasteiger partial charge in [-0.3, -0.25) is 4.90 Å². The van der Waals surface area contributed by atoms with Gasteiger partial charge in [0.05, 0.1) is 23.3 Å². The van der Waals surface area contributed by atoms with E-state index in [0.29, 0.717) is 40.6 Å². The Balaban J connectivity index is 1.25. The van der Waals surface area contributed by atoms with Crippen LogP contribution in [0.25, 0.3) is 11.1 Å². The number of rotatable bonds is 9. The minimum absolute atomic E-state index is 0.341. The lowest BCUT2D eigenvalue weighted by atomic mass is 9.94. The summed E-state index contributed by atoms with van der Waals surface area (Å²) in [6, 6.07) is 9.64. The van der Waals surface area contributed by atoms with Gasteiger partial charge >= 0.3 is 0 Å². The van der Waals surface area contributed by atoms with E-state index in [1.165, 1.54) is 35.2 Å². The second-order valence-electron chi connectivity index (χ2n) is 9.38. The number of pyridine rings is 2. The molecule has 9 nitrogen and oxygen atoms in total. The molecular weight excluding hydrogens is 551 g/mol. The van der Waals surface area contributed by atoms with Crippen molar-refractivity contribution < 1.29 is 18.4 Å². The molecule has 1 aliphatic rings. The molecule has 1 saturated heterocycles. The van der Waals surface area contributed by atoms with Crippen LogP contribution >= 0.6 is 23.1 Å². The fourth-order valence-corrected chi connectivity index (χ4v) is 6.41. The third-order valence-corrected chi connectivity index (χ3v) is 8.49. The molecule has 204 valence electrons. The predicted octanol–water partition coefficient (Wildman–Crippen LogP) is 6.59. The maximum atomic E-state index is 13.5. The monoisotopic (exact) mass is 576 g/mol. The molecule has 1 aliphatic heterocycles. The standard InChI is InChI=1S/C28H25FN6O3S2/c1-17-25-24(6-9-30-27(25)38-34-17)40-21-14-23(37-20-4-2-19(29)3-5-20)26(31-15-21)33-28-32-22(16-39-28)18-7-10-35(11-8-18)12-13-36/h2-6,9,13-16,18H,7-8,10-12H2,1H3,(H,31,32,33). The Morgan fingerprint density at radius 1 is 1.23 bits per heavy atom. The van der Waals surface area contributed by atoms with E-state index in [2.05, 4.69) is 30.7 Å². The lowest BCUT2D eigenvalue weighted by molar-refractivity contribution is -0.109. The molecule has 1 aromatic carbocycles. The third-order valence-electron chi connectivity index (χ3n) is 6.69. The van der Waals surface area contributed by atoms with Crippen molar-refractivity contribution in [2.75, 3.05) is 25.0 Å². The molecule has 1 fully saturated rings. The predicted molar refractivity (Wildman–Crippen MR) is 151 cm³/mol. The number of nitrogens with zero attached hydrogens (tertiary/aromatic N) is 5. The van der Waals surface area contributed by atoms with Gasteiger partial charge in [0.1, 0.15) is 17.9 Å². The second-order valence-corrected chi connectivity index (χ2v) is 11.4. The summed E-state index contributed by atoms with van der Waals surface area (Å²) in [4.78, 5) is 28.5. The van der Waals surface area contributed by atoms with Crippen LogP contribution in [0, 0.1) is 12.7 Å². The number of aromatic nitrogens is 4. The van der Waals surface area contributed by atoms with Crippen molar-refractivity contribution in [1.82, 2.24) is 25.0 Å². The van der Waals surface area contributed by atoms with Crippen LogP contribution in [0.2, 0.25) is 0 Å². The van der Waals surface area contributed by atoms with Gasteiger partial charge in [0.25, 0.3) is 5.71 Å². The van der Waals surface area contributed by atoms with Crippen LogP contribution in [-0.2, 0) is 4.79 Å². The number of ether oxygens (including phenoxy) is 1. The summed E-state index contributed by atoms with van der Waals surface area (Å²) in [6.45, 7) is 4.14. The van der Waals surface area contributed by atoms with E-state index in [9.17, 15) is 9.18 Å². The Morgan fingerprint density at radius 3 is 2.85 bits per heavy atom. The highest BCUT2D eigenvalue weighted by molar-refractivity contribution is 7.99. The largest absolute Gasteiger partial charge is 0.453 e. The van der Waals surface area contributed by atoms with Gasteiger partial charge in [-0.25, -0.2) is 19.3 Å². The van der Waals surface area contributed by atoms with Crippen molar-refractivity contribution in [3.63, 3.8) is 0 Å². The van der Waals surface area contributed by atoms with Gasteiger partial charge in [0, 0.05) is 39.5 Å². The number of halogens is 1. The van der Waals surface area contributed by atoms with Crippen LogP contribution in [-0.4, -0.2) is 50.9 Å². The van der Waals surface area contributed by atoms with Crippen molar-refractivity contribution in [1.29, 1.82) is 0 Å². The highest BCUT2D eigenvalue weighted by atomic mass is 32.2. The zero-order chi connectivity index (χ0) is 27.5. The maximum Gasteiger partial charge on any atom is 0.259 e. The van der Waals surface area contributed by atoms with Gasteiger partial charge < -0.3 is 19.4 Å². The Kier molecular flexibility index (Phi) is 7.71. The number of hydrogen-bond acceptors (Lipinski definition) is 11. The molecule has 4 aromatic heterocycles. The minimum atomic E-state index is -0.341. The zero-order valence-electron chi connectivity index (χ0n) is 21.5. The molecule has 0 atom stereocenters. The number of carbonyl (C=O) groups excluding carboxylic acids is 1. The molecule has 1 N–H and O–H groups in total. The Bertz CT molecular complexity index is 1630. The number of aldehydes is 1. The van der Waals surface area contributed by atoms with Gasteiger partial charge in [-0.2, -0.15) is 0 Å². The lowest BCUT2D eigenvalue weighted by Gasteiger charge is -2.29. The minimum Gasteiger partial charge on any atom is -0.453 e. The molecule has 0 saturated carbocycles. The molecule has 6 rings (SSSR count). The fourth-order valence-electron chi connectivity index (χ4n) is 4.63. The summed E-state index contributed by atoms with van der Waals surface area (Å²) >= 11 is 3.01. The highest BCUT2D eigenvalue weighted by Gasteiger charge is 2.23. The van der Waals surface area contributed by atoms with Crippen molar-refractivity contribution in [3.8, 4) is 11.5 Å². The molecular formula is C28H25FN6O3S2. The molecule has 40 heavy (non-hydrogen) atoms. The first kappa shape index (κ1) is 26.4. The molecule has 0 aliphatic carbocycles. The normalized spacial score (nSPS) is 14.4. The number of thiazole rings is 1. The van der Waals surface area contributed by atoms with Crippen LogP contribution in [0.3, 0.4) is 0 Å². The topological polar surface area (TPSA) is 106 Å². The summed E-state index contributed by atoms with van der Waals surface area (Å²) in [5.74, 6) is 1.47. The van der Waals surface area contributed by atoms with Crippen LogP contribution < -0.4 is 10.1 Å². The number of piperidine rings is 1. The maximum absolute atomic E-state index is 13.5. The number of benzene rings is 1. The van der Waals surface area contributed by atoms with E-state index in [1.807, 2.05) is 19.1 Å². The first-order valence-electron chi connectivity index (χ1n) is 12.8. The molecule has 0 radical (unpaired) electrons. The number of likely N-dealkylation sites (tertiary alicyclic amines) is 1. The van der Waals surface area contributed by atoms with E-state index in [1.54, 1.807) is 24.5 Å². The average Bonchev–Trinajstić information content (AvgIpc) is 3.59. The zero-order valence-corrected chi connectivity index (χ0v) is 23.2. The van der Waals surface area contributed by atoms with Gasteiger partial charge in [0.2, 0.25) is 0 Å². The number of fused-ring (bicyclic) bond motifs is 1. The lowest BCUT2D eigenvalue weighted by Crippen LogP contribution is -2.34. The first-order valence-corrected chi connectivity index (χ1v) is 14.5. The van der Waals surface area contributed by atoms with Crippen molar-refractivity contribution >= 4 is 51.4 Å². The number of anilines is 2. The van der Waals surface area contributed by atoms with E-state index in [-0.39, 0.29) is 5.82 Å². The first-order chi connectivity index (χ1) is 19.6. The summed E-state index contributed by atoms with van der Waals surface area (Å²) in [7, 11) is 0. The Morgan fingerprint density at radius 2 is 2.05 bits per heavy atom. The van der Waals surface area contributed by atoms with E-state index < -0.39 is 0 Å². The molecule has 12 heteroatoms. The third kappa shape index (κ3) is 5.83. The average molecular weight is 577 g/mol. The molecule has 0 unspecified atom stereocenters. The van der Waals surface area contributed by atoms with E-state index in [4.69, 9.17) is 14.2 Å². The summed E-state index contributed by atoms with van der Waals surface area (Å²) in [5, 5.41) is 11.0. The quantitative estimate of drug-likeness (QED) is 0.193. The summed E-state index contributed by atoms with van der Waals surface area (Å²) < 4.78 is 25.0.